The minimum Gasteiger partial charge on any atom is -0.345 e. The zero-order chi connectivity index (χ0) is 10.4. The molecule has 0 atom stereocenters. The van der Waals surface area contributed by atoms with Gasteiger partial charge in [-0.1, -0.05) is 0 Å². The normalized spacial score (nSPS) is 19.0. The minimum absolute atomic E-state index is 0.134. The van der Waals surface area contributed by atoms with Crippen LogP contribution >= 0.6 is 0 Å². The molecule has 0 N–H and O–H groups in total. The summed E-state index contributed by atoms with van der Waals surface area (Å²) in [6.07, 6.45) is 3.44. The molecule has 1 fully saturated rings. The second-order valence-corrected chi connectivity index (χ2v) is 3.67. The smallest absolute Gasteiger partial charge is 0.238 e. The Hall–Kier alpha value is -0.610. The van der Waals surface area contributed by atoms with Crippen LogP contribution in [0, 0.1) is 0 Å². The molecule has 0 aromatic heterocycles. The molecule has 0 unspecified atom stereocenters. The van der Waals surface area contributed by atoms with Crippen molar-refractivity contribution in [1.82, 2.24) is 9.96 Å². The number of likely N-dealkylation sites (N-methyl/N-ethyl adjacent to an activating group) is 1. The first-order valence-corrected chi connectivity index (χ1v) is 5.36. The highest BCUT2D eigenvalue weighted by Gasteiger charge is 2.15. The van der Waals surface area contributed by atoms with E-state index in [-0.39, 0.29) is 5.91 Å². The molecule has 0 aromatic rings. The fourth-order valence-electron chi connectivity index (χ4n) is 1.40. The van der Waals surface area contributed by atoms with Crippen LogP contribution in [0.2, 0.25) is 0 Å². The molecule has 0 bridgehead atoms. The van der Waals surface area contributed by atoms with E-state index < -0.39 is 0 Å². The first kappa shape index (κ1) is 11.5. The maximum Gasteiger partial charge on any atom is 0.238 e. The third-order valence-corrected chi connectivity index (χ3v) is 2.54. The molecule has 1 heterocycles. The number of amides is 1. The highest BCUT2D eigenvalue weighted by atomic mass is 16.7. The van der Waals surface area contributed by atoms with Crippen molar-refractivity contribution in [3.05, 3.63) is 0 Å². The van der Waals surface area contributed by atoms with Gasteiger partial charge in [0.25, 0.3) is 0 Å². The van der Waals surface area contributed by atoms with E-state index >= 15 is 0 Å². The molecule has 1 aliphatic heterocycles. The molecule has 14 heavy (non-hydrogen) atoms. The number of nitrogens with zero attached hydrogens (tertiary/aromatic N) is 2. The Labute approximate surface area is 85.8 Å². The first-order valence-electron chi connectivity index (χ1n) is 5.36. The lowest BCUT2D eigenvalue weighted by Crippen LogP contribution is -2.38. The number of hydrogen-bond acceptors (Lipinski definition) is 3. The molecule has 1 amide bonds. The van der Waals surface area contributed by atoms with Gasteiger partial charge in [-0.3, -0.25) is 9.63 Å². The summed E-state index contributed by atoms with van der Waals surface area (Å²) in [5, 5.41) is 1.79. The molecular weight excluding hydrogens is 180 g/mol. The highest BCUT2D eigenvalue weighted by Crippen LogP contribution is 2.06. The van der Waals surface area contributed by atoms with Crippen LogP contribution in [0.4, 0.5) is 0 Å². The second-order valence-electron chi connectivity index (χ2n) is 3.67. The van der Waals surface area contributed by atoms with Gasteiger partial charge in [-0.25, -0.2) is 0 Å². The molecule has 0 saturated carbocycles. The molecular formula is C10H20N2O2. The Morgan fingerprint density at radius 2 is 2.21 bits per heavy atom. The Kier molecular flexibility index (Phi) is 4.90. The highest BCUT2D eigenvalue weighted by molar-refractivity contribution is 5.77. The van der Waals surface area contributed by atoms with E-state index in [0.717, 1.165) is 32.5 Å². The summed E-state index contributed by atoms with van der Waals surface area (Å²) in [7, 11) is 1.82. The lowest BCUT2D eigenvalue weighted by atomic mass is 10.2. The van der Waals surface area contributed by atoms with Gasteiger partial charge in [0.15, 0.2) is 0 Å². The maximum atomic E-state index is 11.6. The zero-order valence-corrected chi connectivity index (χ0v) is 9.16. The van der Waals surface area contributed by atoms with Crippen LogP contribution < -0.4 is 0 Å². The van der Waals surface area contributed by atoms with Crippen LogP contribution in [0.1, 0.15) is 26.2 Å². The van der Waals surface area contributed by atoms with Crippen LogP contribution in [0.15, 0.2) is 0 Å². The average molecular weight is 200 g/mol. The number of carbonyl (C=O) groups is 1. The third kappa shape index (κ3) is 3.64. The lowest BCUT2D eigenvalue weighted by Gasteiger charge is -2.22. The van der Waals surface area contributed by atoms with Crippen molar-refractivity contribution in [1.29, 1.82) is 0 Å². The summed E-state index contributed by atoms with van der Waals surface area (Å²) in [4.78, 5) is 18.7. The van der Waals surface area contributed by atoms with Gasteiger partial charge < -0.3 is 4.90 Å². The standard InChI is InChI=1S/C10H20N2O2/c1-3-11(2)10(13)9-12-7-5-4-6-8-14-12/h3-9H2,1-2H3. The van der Waals surface area contributed by atoms with Crippen molar-refractivity contribution in [3.8, 4) is 0 Å². The van der Waals surface area contributed by atoms with Gasteiger partial charge in [-0.05, 0) is 26.2 Å². The third-order valence-electron chi connectivity index (χ3n) is 2.54. The van der Waals surface area contributed by atoms with E-state index in [9.17, 15) is 4.79 Å². The SMILES string of the molecule is CCN(C)C(=O)CN1CCCCCO1. The predicted octanol–water partition coefficient (Wildman–Crippen LogP) is 0.882. The Morgan fingerprint density at radius 3 is 2.93 bits per heavy atom. The van der Waals surface area contributed by atoms with Crippen molar-refractivity contribution in [2.75, 3.05) is 33.3 Å². The second kappa shape index (κ2) is 5.98. The Balaban J connectivity index is 2.30. The van der Waals surface area contributed by atoms with Gasteiger partial charge in [0.2, 0.25) is 5.91 Å². The number of hydrogen-bond donors (Lipinski definition) is 0. The summed E-state index contributed by atoms with van der Waals surface area (Å²) in [6.45, 7) is 4.75. The minimum atomic E-state index is 0.134. The molecule has 0 radical (unpaired) electrons. The summed E-state index contributed by atoms with van der Waals surface area (Å²) < 4.78 is 0. The quantitative estimate of drug-likeness (QED) is 0.678. The van der Waals surface area contributed by atoms with Gasteiger partial charge in [0.05, 0.1) is 6.61 Å². The molecule has 82 valence electrons. The van der Waals surface area contributed by atoms with E-state index in [1.165, 1.54) is 6.42 Å². The van der Waals surface area contributed by atoms with E-state index in [1.54, 1.807) is 9.96 Å². The van der Waals surface area contributed by atoms with Crippen LogP contribution in [0.3, 0.4) is 0 Å². The van der Waals surface area contributed by atoms with Crippen molar-refractivity contribution in [2.24, 2.45) is 0 Å². The summed E-state index contributed by atoms with van der Waals surface area (Å²) in [5.41, 5.74) is 0. The van der Waals surface area contributed by atoms with E-state index in [4.69, 9.17) is 4.84 Å². The first-order chi connectivity index (χ1) is 6.74. The van der Waals surface area contributed by atoms with Gasteiger partial charge >= 0.3 is 0 Å². The fraction of sp³-hybridized carbons (Fsp3) is 0.900. The fourth-order valence-corrected chi connectivity index (χ4v) is 1.40. The van der Waals surface area contributed by atoms with Gasteiger partial charge in [-0.2, -0.15) is 5.06 Å². The summed E-state index contributed by atoms with van der Waals surface area (Å²) in [6, 6.07) is 0. The monoisotopic (exact) mass is 200 g/mol. The number of carbonyl (C=O) groups excluding carboxylic acids is 1. The van der Waals surface area contributed by atoms with E-state index in [2.05, 4.69) is 0 Å². The molecule has 1 aliphatic rings. The van der Waals surface area contributed by atoms with Crippen LogP contribution in [0.25, 0.3) is 0 Å². The summed E-state index contributed by atoms with van der Waals surface area (Å²) >= 11 is 0. The van der Waals surface area contributed by atoms with Crippen LogP contribution in [-0.2, 0) is 9.63 Å². The molecule has 0 aromatic carbocycles. The Bertz CT molecular complexity index is 177. The molecule has 4 heteroatoms. The Morgan fingerprint density at radius 1 is 1.43 bits per heavy atom. The molecule has 4 nitrogen and oxygen atoms in total. The van der Waals surface area contributed by atoms with Gasteiger partial charge in [0.1, 0.15) is 6.54 Å². The van der Waals surface area contributed by atoms with Gasteiger partial charge in [0, 0.05) is 20.1 Å². The van der Waals surface area contributed by atoms with E-state index in [0.29, 0.717) is 6.54 Å². The zero-order valence-electron chi connectivity index (χ0n) is 9.16. The van der Waals surface area contributed by atoms with Crippen molar-refractivity contribution >= 4 is 5.91 Å². The number of hydroxylamine groups is 2. The largest absolute Gasteiger partial charge is 0.345 e. The summed E-state index contributed by atoms with van der Waals surface area (Å²) in [5.74, 6) is 0.134. The topological polar surface area (TPSA) is 32.8 Å². The molecule has 1 saturated heterocycles. The molecule has 0 aliphatic carbocycles. The average Bonchev–Trinajstić information content (AvgIpc) is 2.45. The predicted molar refractivity (Wildman–Crippen MR) is 54.7 cm³/mol. The van der Waals surface area contributed by atoms with Gasteiger partial charge in [-0.15, -0.1) is 0 Å². The van der Waals surface area contributed by atoms with Crippen molar-refractivity contribution in [2.45, 2.75) is 26.2 Å². The van der Waals surface area contributed by atoms with Crippen molar-refractivity contribution < 1.29 is 9.63 Å². The maximum absolute atomic E-state index is 11.6. The lowest BCUT2D eigenvalue weighted by molar-refractivity contribution is -0.167. The molecule has 1 rings (SSSR count). The van der Waals surface area contributed by atoms with Crippen molar-refractivity contribution in [3.63, 3.8) is 0 Å². The van der Waals surface area contributed by atoms with Crippen LogP contribution in [0.5, 0.6) is 0 Å². The molecule has 0 spiro atoms. The van der Waals surface area contributed by atoms with Crippen LogP contribution in [-0.4, -0.2) is 49.2 Å². The van der Waals surface area contributed by atoms with E-state index in [1.807, 2.05) is 14.0 Å². The number of rotatable bonds is 3.